The number of hydrogen-bond acceptors (Lipinski definition) is 5. The molecule has 0 aliphatic heterocycles. The van der Waals surface area contributed by atoms with E-state index in [1.165, 1.54) is 7.05 Å². The maximum Gasteiger partial charge on any atom is 0.252 e. The molecule has 1 heterocycles. The van der Waals surface area contributed by atoms with E-state index in [9.17, 15) is 13.6 Å². The fourth-order valence-electron chi connectivity index (χ4n) is 2.53. The number of alkyl halides is 2. The first-order chi connectivity index (χ1) is 12.2. The number of rotatable bonds is 6. The van der Waals surface area contributed by atoms with Gasteiger partial charge in [-0.3, -0.25) is 9.79 Å². The number of aliphatic imine (C=N–C) groups is 1. The predicted octanol–water partition coefficient (Wildman–Crippen LogP) is 3.20. The molecule has 0 bridgehead atoms. The summed E-state index contributed by atoms with van der Waals surface area (Å²) in [7, 11) is 1.48. The van der Waals surface area contributed by atoms with Gasteiger partial charge in [0.2, 0.25) is 6.43 Å². The van der Waals surface area contributed by atoms with Gasteiger partial charge in [-0.05, 0) is 43.2 Å². The van der Waals surface area contributed by atoms with Gasteiger partial charge in [0.1, 0.15) is 11.6 Å². The number of hydrogen-bond donors (Lipinski definition) is 3. The summed E-state index contributed by atoms with van der Waals surface area (Å²) in [6, 6.07) is 6.76. The van der Waals surface area contributed by atoms with Crippen LogP contribution in [0.1, 0.15) is 33.5 Å². The lowest BCUT2D eigenvalue weighted by atomic mass is 10.0. The number of aromatic nitrogens is 1. The van der Waals surface area contributed by atoms with E-state index >= 15 is 0 Å². The van der Waals surface area contributed by atoms with Crippen LogP contribution < -0.4 is 16.8 Å². The van der Waals surface area contributed by atoms with Crippen molar-refractivity contribution in [3.8, 4) is 0 Å². The molecule has 1 aromatic heterocycles. The molecule has 2 aromatic rings. The van der Waals surface area contributed by atoms with E-state index < -0.39 is 18.8 Å². The number of nitrogen functional groups attached to an aromatic ring is 1. The van der Waals surface area contributed by atoms with Crippen LogP contribution in [-0.4, -0.2) is 30.1 Å². The molecule has 1 amide bonds. The van der Waals surface area contributed by atoms with E-state index in [0.717, 1.165) is 5.56 Å². The number of carbonyl (C=O) groups is 1. The SMILES string of the molecule is C/N=C(/CC(F)F)c1cc(Nc2nc(N)c(C)cc2C(N)=O)ccc1C. The number of benzene rings is 1. The summed E-state index contributed by atoms with van der Waals surface area (Å²) >= 11 is 0. The maximum absolute atomic E-state index is 12.8. The summed E-state index contributed by atoms with van der Waals surface area (Å²) in [6.45, 7) is 3.53. The molecule has 0 radical (unpaired) electrons. The Kier molecular flexibility index (Phi) is 5.86. The molecular formula is C18H21F2N5O. The van der Waals surface area contributed by atoms with Crippen LogP contribution in [0.15, 0.2) is 29.3 Å². The predicted molar refractivity (Wildman–Crippen MR) is 99.4 cm³/mol. The lowest BCUT2D eigenvalue weighted by Crippen LogP contribution is -2.16. The zero-order valence-corrected chi connectivity index (χ0v) is 14.8. The van der Waals surface area contributed by atoms with Crippen molar-refractivity contribution in [3.63, 3.8) is 0 Å². The third-order valence-electron chi connectivity index (χ3n) is 3.95. The third-order valence-corrected chi connectivity index (χ3v) is 3.95. The molecule has 2 rings (SSSR count). The summed E-state index contributed by atoms with van der Waals surface area (Å²) in [4.78, 5) is 19.8. The van der Waals surface area contributed by atoms with Gasteiger partial charge in [-0.1, -0.05) is 6.07 Å². The Morgan fingerprint density at radius 1 is 1.23 bits per heavy atom. The van der Waals surface area contributed by atoms with Crippen molar-refractivity contribution in [2.75, 3.05) is 18.1 Å². The Hall–Kier alpha value is -3.03. The van der Waals surface area contributed by atoms with Crippen LogP contribution in [0.5, 0.6) is 0 Å². The topological polar surface area (TPSA) is 106 Å². The van der Waals surface area contributed by atoms with Crippen molar-refractivity contribution in [1.29, 1.82) is 0 Å². The second kappa shape index (κ2) is 7.90. The highest BCUT2D eigenvalue weighted by molar-refractivity contribution is 6.03. The first kappa shape index (κ1) is 19.3. The van der Waals surface area contributed by atoms with Crippen molar-refractivity contribution in [3.05, 3.63) is 46.5 Å². The fraction of sp³-hybridized carbons (Fsp3) is 0.278. The van der Waals surface area contributed by atoms with Crippen molar-refractivity contribution >= 4 is 28.9 Å². The highest BCUT2D eigenvalue weighted by atomic mass is 19.3. The highest BCUT2D eigenvalue weighted by Crippen LogP contribution is 2.25. The molecule has 5 N–H and O–H groups in total. The van der Waals surface area contributed by atoms with Crippen molar-refractivity contribution in [1.82, 2.24) is 4.98 Å². The Labute approximate surface area is 150 Å². The molecule has 0 saturated carbocycles. The van der Waals surface area contributed by atoms with E-state index in [2.05, 4.69) is 15.3 Å². The minimum Gasteiger partial charge on any atom is -0.383 e. The zero-order chi connectivity index (χ0) is 19.4. The van der Waals surface area contributed by atoms with Gasteiger partial charge >= 0.3 is 0 Å². The van der Waals surface area contributed by atoms with Crippen LogP contribution in [0.2, 0.25) is 0 Å². The van der Waals surface area contributed by atoms with Gasteiger partial charge in [0.15, 0.2) is 0 Å². The van der Waals surface area contributed by atoms with Crippen LogP contribution in [0.3, 0.4) is 0 Å². The normalized spacial score (nSPS) is 11.7. The number of nitrogens with one attached hydrogen (secondary N) is 1. The zero-order valence-electron chi connectivity index (χ0n) is 14.8. The first-order valence-corrected chi connectivity index (χ1v) is 7.91. The molecule has 6 nitrogen and oxygen atoms in total. The second-order valence-corrected chi connectivity index (χ2v) is 5.87. The van der Waals surface area contributed by atoms with E-state index in [1.807, 2.05) is 6.92 Å². The second-order valence-electron chi connectivity index (χ2n) is 5.87. The Morgan fingerprint density at radius 2 is 1.92 bits per heavy atom. The van der Waals surface area contributed by atoms with Crippen molar-refractivity contribution in [2.45, 2.75) is 26.7 Å². The lowest BCUT2D eigenvalue weighted by Gasteiger charge is -2.14. The first-order valence-electron chi connectivity index (χ1n) is 7.91. The molecule has 0 unspecified atom stereocenters. The number of halogens is 2. The minimum absolute atomic E-state index is 0.191. The summed E-state index contributed by atoms with van der Waals surface area (Å²) < 4.78 is 25.6. The summed E-state index contributed by atoms with van der Waals surface area (Å²) in [6.07, 6.45) is -2.94. The number of nitrogens with zero attached hydrogens (tertiary/aromatic N) is 2. The molecule has 26 heavy (non-hydrogen) atoms. The lowest BCUT2D eigenvalue weighted by molar-refractivity contribution is 0.100. The quantitative estimate of drug-likeness (QED) is 0.687. The van der Waals surface area contributed by atoms with E-state index in [-0.39, 0.29) is 17.2 Å². The Balaban J connectivity index is 2.44. The number of nitrogens with two attached hydrogens (primary N) is 2. The number of primary amides is 1. The highest BCUT2D eigenvalue weighted by Gasteiger charge is 2.16. The van der Waals surface area contributed by atoms with Crippen LogP contribution in [0.4, 0.5) is 26.1 Å². The average Bonchev–Trinajstić information content (AvgIpc) is 2.57. The molecule has 0 saturated heterocycles. The van der Waals surface area contributed by atoms with Crippen LogP contribution >= 0.6 is 0 Å². The Bertz CT molecular complexity index is 865. The van der Waals surface area contributed by atoms with Crippen LogP contribution in [-0.2, 0) is 0 Å². The number of pyridine rings is 1. The number of carbonyl (C=O) groups excluding carboxylic acids is 1. The van der Waals surface area contributed by atoms with Gasteiger partial charge in [-0.2, -0.15) is 0 Å². The van der Waals surface area contributed by atoms with Crippen LogP contribution in [0.25, 0.3) is 0 Å². The van der Waals surface area contributed by atoms with Gasteiger partial charge in [0.05, 0.1) is 12.0 Å². The molecule has 0 aliphatic carbocycles. The number of aryl methyl sites for hydroxylation is 2. The monoisotopic (exact) mass is 361 g/mol. The molecule has 0 aliphatic rings. The van der Waals surface area contributed by atoms with Gasteiger partial charge in [-0.25, -0.2) is 13.8 Å². The van der Waals surface area contributed by atoms with E-state index in [4.69, 9.17) is 11.5 Å². The van der Waals surface area contributed by atoms with E-state index in [1.54, 1.807) is 31.2 Å². The van der Waals surface area contributed by atoms with Gasteiger partial charge < -0.3 is 16.8 Å². The van der Waals surface area contributed by atoms with Crippen molar-refractivity contribution in [2.24, 2.45) is 10.7 Å². The summed E-state index contributed by atoms with van der Waals surface area (Å²) in [5.41, 5.74) is 14.3. The average molecular weight is 361 g/mol. The fourth-order valence-corrected chi connectivity index (χ4v) is 2.53. The largest absolute Gasteiger partial charge is 0.383 e. The molecule has 138 valence electrons. The smallest absolute Gasteiger partial charge is 0.252 e. The van der Waals surface area contributed by atoms with Gasteiger partial charge in [0, 0.05) is 24.0 Å². The van der Waals surface area contributed by atoms with Crippen LogP contribution in [0, 0.1) is 13.8 Å². The molecule has 0 fully saturated rings. The third kappa shape index (κ3) is 4.33. The standard InChI is InChI=1S/C18H21F2N5O/c1-9-4-5-11(7-12(9)14(23-3)8-15(19)20)24-18-13(17(22)26)6-10(2)16(21)25-18/h4-7,15H,8H2,1-3H3,(H2,22,26)(H3,21,24,25)/b23-14-. The van der Waals surface area contributed by atoms with Gasteiger partial charge in [0.25, 0.3) is 5.91 Å². The molecule has 0 spiro atoms. The van der Waals surface area contributed by atoms with Gasteiger partial charge in [-0.15, -0.1) is 0 Å². The summed E-state index contributed by atoms with van der Waals surface area (Å²) in [5.74, 6) is -0.179. The minimum atomic E-state index is -2.50. The summed E-state index contributed by atoms with van der Waals surface area (Å²) in [5, 5.41) is 2.99. The molecule has 0 atom stereocenters. The molecule has 8 heteroatoms. The Morgan fingerprint density at radius 3 is 2.50 bits per heavy atom. The number of amides is 1. The number of anilines is 3. The molecule has 1 aromatic carbocycles. The van der Waals surface area contributed by atoms with E-state index in [0.29, 0.717) is 22.5 Å². The molecular weight excluding hydrogens is 340 g/mol. The van der Waals surface area contributed by atoms with Crippen molar-refractivity contribution < 1.29 is 13.6 Å². The maximum atomic E-state index is 12.8.